The Morgan fingerprint density at radius 1 is 1.24 bits per heavy atom. The van der Waals surface area contributed by atoms with Crippen molar-refractivity contribution in [3.05, 3.63) is 24.3 Å². The van der Waals surface area contributed by atoms with Gasteiger partial charge in [-0.1, -0.05) is 6.07 Å². The third kappa shape index (κ3) is 2.48. The first-order valence-electron chi connectivity index (χ1n) is 7.26. The smallest absolute Gasteiger partial charge is 0.228 e. The van der Waals surface area contributed by atoms with Crippen molar-refractivity contribution in [1.29, 1.82) is 0 Å². The Morgan fingerprint density at radius 3 is 2.62 bits per heavy atom. The molecule has 0 aromatic heterocycles. The Hall–Kier alpha value is -2.04. The van der Waals surface area contributed by atoms with Crippen LogP contribution in [0.15, 0.2) is 24.3 Å². The molecular formula is C16H18NO4-. The molecule has 4 atom stereocenters. The fourth-order valence-electron chi connectivity index (χ4n) is 3.93. The first-order chi connectivity index (χ1) is 10.1. The van der Waals surface area contributed by atoms with E-state index >= 15 is 0 Å². The summed E-state index contributed by atoms with van der Waals surface area (Å²) in [5.41, 5.74) is 0.624. The molecule has 0 saturated heterocycles. The van der Waals surface area contributed by atoms with Crippen molar-refractivity contribution in [3.8, 4) is 5.75 Å². The standard InChI is InChI=1S/C16H19NO4/c1-21-12-4-2-3-11(8-12)17-15(18)13-9-5-6-10(7-9)14(13)16(19)20/h2-4,8-10,13-14H,5-7H2,1H3,(H,17,18)(H,19,20)/p-1/t9-,10-,13-,14-/m0/s1. The van der Waals surface area contributed by atoms with Gasteiger partial charge in [0.2, 0.25) is 5.91 Å². The molecule has 2 aliphatic rings. The van der Waals surface area contributed by atoms with Crippen molar-refractivity contribution < 1.29 is 19.4 Å². The van der Waals surface area contributed by atoms with Gasteiger partial charge in [-0.15, -0.1) is 0 Å². The van der Waals surface area contributed by atoms with Crippen LogP contribution in [0.25, 0.3) is 0 Å². The van der Waals surface area contributed by atoms with Gasteiger partial charge in [-0.05, 0) is 43.2 Å². The average molecular weight is 288 g/mol. The summed E-state index contributed by atoms with van der Waals surface area (Å²) in [6, 6.07) is 7.06. The van der Waals surface area contributed by atoms with Crippen LogP contribution < -0.4 is 15.2 Å². The van der Waals surface area contributed by atoms with E-state index in [0.29, 0.717) is 11.4 Å². The van der Waals surface area contributed by atoms with E-state index in [0.717, 1.165) is 19.3 Å². The Bertz CT molecular complexity index is 571. The van der Waals surface area contributed by atoms with Crippen LogP contribution >= 0.6 is 0 Å². The van der Waals surface area contributed by atoms with Crippen LogP contribution in [0.5, 0.6) is 5.75 Å². The van der Waals surface area contributed by atoms with Gasteiger partial charge >= 0.3 is 0 Å². The van der Waals surface area contributed by atoms with E-state index < -0.39 is 17.8 Å². The summed E-state index contributed by atoms with van der Waals surface area (Å²) in [7, 11) is 1.56. The van der Waals surface area contributed by atoms with Crippen LogP contribution in [0.2, 0.25) is 0 Å². The van der Waals surface area contributed by atoms with Crippen molar-refractivity contribution in [2.45, 2.75) is 19.3 Å². The lowest BCUT2D eigenvalue weighted by atomic mass is 9.78. The summed E-state index contributed by atoms with van der Waals surface area (Å²) in [4.78, 5) is 23.8. The summed E-state index contributed by atoms with van der Waals surface area (Å²) >= 11 is 0. The fraction of sp³-hybridized carbons (Fsp3) is 0.500. The number of amides is 1. The highest BCUT2D eigenvalue weighted by Gasteiger charge is 2.51. The number of carboxylic acids is 1. The van der Waals surface area contributed by atoms with Crippen molar-refractivity contribution in [3.63, 3.8) is 0 Å². The highest BCUT2D eigenvalue weighted by molar-refractivity contribution is 5.95. The number of carbonyl (C=O) groups excluding carboxylic acids is 2. The Labute approximate surface area is 123 Å². The van der Waals surface area contributed by atoms with Gasteiger partial charge in [0.05, 0.1) is 7.11 Å². The first kappa shape index (κ1) is 13.9. The molecule has 1 amide bonds. The number of hydrogen-bond donors (Lipinski definition) is 1. The van der Waals surface area contributed by atoms with Gasteiger partial charge in [-0.3, -0.25) is 4.79 Å². The molecular weight excluding hydrogens is 270 g/mol. The fourth-order valence-corrected chi connectivity index (χ4v) is 3.93. The second kappa shape index (κ2) is 5.39. The predicted octanol–water partition coefficient (Wildman–Crippen LogP) is 1.05. The number of anilines is 1. The van der Waals surface area contributed by atoms with Crippen molar-refractivity contribution in [1.82, 2.24) is 0 Å². The van der Waals surface area contributed by atoms with Crippen LogP contribution in [-0.4, -0.2) is 19.0 Å². The van der Waals surface area contributed by atoms with E-state index in [1.807, 2.05) is 0 Å². The molecule has 0 spiro atoms. The summed E-state index contributed by atoms with van der Waals surface area (Å²) < 4.78 is 5.12. The number of fused-ring (bicyclic) bond motifs is 2. The number of benzene rings is 1. The molecule has 0 heterocycles. The zero-order chi connectivity index (χ0) is 15.0. The lowest BCUT2D eigenvalue weighted by molar-refractivity contribution is -0.314. The van der Waals surface area contributed by atoms with Gasteiger partial charge < -0.3 is 20.0 Å². The van der Waals surface area contributed by atoms with E-state index in [1.54, 1.807) is 31.4 Å². The van der Waals surface area contributed by atoms with E-state index in [1.165, 1.54) is 0 Å². The third-order valence-electron chi connectivity index (χ3n) is 4.83. The summed E-state index contributed by atoms with van der Waals surface area (Å²) in [6.45, 7) is 0. The number of carbonyl (C=O) groups is 2. The summed E-state index contributed by atoms with van der Waals surface area (Å²) in [6.07, 6.45) is 2.66. The molecule has 112 valence electrons. The van der Waals surface area contributed by atoms with Gasteiger partial charge in [0.15, 0.2) is 0 Å². The minimum atomic E-state index is -1.09. The molecule has 0 radical (unpaired) electrons. The molecule has 2 aliphatic carbocycles. The molecule has 3 rings (SSSR count). The topological polar surface area (TPSA) is 78.5 Å². The van der Waals surface area contributed by atoms with E-state index in [2.05, 4.69) is 5.32 Å². The van der Waals surface area contributed by atoms with E-state index in [4.69, 9.17) is 4.74 Å². The molecule has 2 saturated carbocycles. The van der Waals surface area contributed by atoms with Gasteiger partial charge in [0.1, 0.15) is 5.75 Å². The molecule has 1 aromatic rings. The van der Waals surface area contributed by atoms with E-state index in [-0.39, 0.29) is 17.7 Å². The molecule has 2 bridgehead atoms. The lowest BCUT2D eigenvalue weighted by Crippen LogP contribution is -2.43. The molecule has 0 unspecified atom stereocenters. The minimum Gasteiger partial charge on any atom is -0.550 e. The van der Waals surface area contributed by atoms with Gasteiger partial charge in [0.25, 0.3) is 0 Å². The molecule has 0 aliphatic heterocycles. The van der Waals surface area contributed by atoms with Crippen LogP contribution in [0.3, 0.4) is 0 Å². The predicted molar refractivity (Wildman–Crippen MR) is 74.4 cm³/mol. The van der Waals surface area contributed by atoms with Gasteiger partial charge in [-0.2, -0.15) is 0 Å². The molecule has 5 heteroatoms. The van der Waals surface area contributed by atoms with Crippen molar-refractivity contribution in [2.24, 2.45) is 23.7 Å². The number of aliphatic carboxylic acids is 1. The Kier molecular flexibility index (Phi) is 3.57. The molecule has 5 nitrogen and oxygen atoms in total. The SMILES string of the molecule is COc1cccc(NC(=O)[C@H]2[C@H]3CC[C@@H](C3)[C@@H]2C(=O)[O-])c1. The van der Waals surface area contributed by atoms with Crippen LogP contribution in [0, 0.1) is 23.7 Å². The van der Waals surface area contributed by atoms with Crippen LogP contribution in [0.1, 0.15) is 19.3 Å². The van der Waals surface area contributed by atoms with Gasteiger partial charge in [-0.25, -0.2) is 0 Å². The number of methoxy groups -OCH3 is 1. The maximum atomic E-state index is 12.5. The maximum absolute atomic E-state index is 12.5. The van der Waals surface area contributed by atoms with Gasteiger partial charge in [0, 0.05) is 29.6 Å². The number of carboxylic acid groups (broad SMARTS) is 1. The highest BCUT2D eigenvalue weighted by atomic mass is 16.5. The molecule has 2 fully saturated rings. The number of hydrogen-bond acceptors (Lipinski definition) is 4. The second-order valence-corrected chi connectivity index (χ2v) is 5.93. The Morgan fingerprint density at radius 2 is 1.95 bits per heavy atom. The zero-order valence-electron chi connectivity index (χ0n) is 11.9. The van der Waals surface area contributed by atoms with Crippen molar-refractivity contribution in [2.75, 3.05) is 12.4 Å². The zero-order valence-corrected chi connectivity index (χ0v) is 11.9. The van der Waals surface area contributed by atoms with Crippen LogP contribution in [0.4, 0.5) is 5.69 Å². The maximum Gasteiger partial charge on any atom is 0.228 e. The lowest BCUT2D eigenvalue weighted by Gasteiger charge is -2.30. The molecule has 1 aromatic carbocycles. The second-order valence-electron chi connectivity index (χ2n) is 5.93. The van der Waals surface area contributed by atoms with Crippen LogP contribution in [-0.2, 0) is 9.59 Å². The molecule has 21 heavy (non-hydrogen) atoms. The summed E-state index contributed by atoms with van der Waals surface area (Å²) in [5.74, 6) is -1.51. The largest absolute Gasteiger partial charge is 0.550 e. The summed E-state index contributed by atoms with van der Waals surface area (Å²) in [5, 5.41) is 14.2. The minimum absolute atomic E-state index is 0.0982. The quantitative estimate of drug-likeness (QED) is 0.898. The molecule has 1 N–H and O–H groups in total. The Balaban J connectivity index is 1.76. The van der Waals surface area contributed by atoms with Crippen molar-refractivity contribution >= 4 is 17.6 Å². The normalized spacial score (nSPS) is 30.1. The highest BCUT2D eigenvalue weighted by Crippen LogP contribution is 2.52. The number of ether oxygens (including phenoxy) is 1. The first-order valence-corrected chi connectivity index (χ1v) is 7.26. The third-order valence-corrected chi connectivity index (χ3v) is 4.83. The van der Waals surface area contributed by atoms with E-state index in [9.17, 15) is 14.7 Å². The number of nitrogens with one attached hydrogen (secondary N) is 1. The average Bonchev–Trinajstić information content (AvgIpc) is 3.07. The number of rotatable bonds is 4. The monoisotopic (exact) mass is 288 g/mol.